The Morgan fingerprint density at radius 3 is 2.67 bits per heavy atom. The number of fused-ring (bicyclic) bond motifs is 1. The van der Waals surface area contributed by atoms with Gasteiger partial charge in [0.1, 0.15) is 17.3 Å². The number of halogens is 1. The average molecular weight is 599 g/mol. The first-order valence-corrected chi connectivity index (χ1v) is 13.4. The Morgan fingerprint density at radius 1 is 1.28 bits per heavy atom. The van der Waals surface area contributed by atoms with Gasteiger partial charge in [-0.2, -0.15) is 0 Å². The van der Waals surface area contributed by atoms with E-state index in [0.717, 1.165) is 23.0 Å². The molecule has 39 heavy (non-hydrogen) atoms. The molecule has 0 bridgehead atoms. The van der Waals surface area contributed by atoms with Crippen LogP contribution >= 0.6 is 15.9 Å². The van der Waals surface area contributed by atoms with E-state index in [9.17, 15) is 10.1 Å². The smallest absolute Gasteiger partial charge is 0.290 e. The van der Waals surface area contributed by atoms with Crippen LogP contribution in [0.25, 0.3) is 22.2 Å². The molecule has 2 aromatic heterocycles. The lowest BCUT2D eigenvalue weighted by atomic mass is 9.85. The van der Waals surface area contributed by atoms with Crippen LogP contribution in [0.15, 0.2) is 64.7 Å². The van der Waals surface area contributed by atoms with Crippen LogP contribution in [-0.4, -0.2) is 89.9 Å². The quantitative estimate of drug-likeness (QED) is 0.292. The molecule has 1 aliphatic carbocycles. The lowest BCUT2D eigenvalue weighted by Crippen LogP contribution is -2.51. The number of hydrogen-bond donors (Lipinski definition) is 1. The maximum Gasteiger partial charge on any atom is 0.290 e. The summed E-state index contributed by atoms with van der Waals surface area (Å²) in [5.41, 5.74) is 8.38. The molecule has 0 saturated carbocycles. The predicted octanol–water partition coefficient (Wildman–Crippen LogP) is 3.15. The Kier molecular flexibility index (Phi) is 7.57. The molecule has 11 nitrogen and oxygen atoms in total. The van der Waals surface area contributed by atoms with Crippen molar-refractivity contribution in [2.45, 2.75) is 17.7 Å². The van der Waals surface area contributed by atoms with Crippen LogP contribution in [0.4, 0.5) is 0 Å². The molecule has 1 fully saturated rings. The van der Waals surface area contributed by atoms with Crippen molar-refractivity contribution >= 4 is 26.8 Å². The molecule has 0 radical (unpaired) electrons. The van der Waals surface area contributed by atoms with Crippen molar-refractivity contribution in [3.05, 3.63) is 80.6 Å². The normalized spacial score (nSPS) is 21.6. The van der Waals surface area contributed by atoms with E-state index in [-0.39, 0.29) is 17.6 Å². The van der Waals surface area contributed by atoms with Crippen molar-refractivity contribution in [3.8, 4) is 11.3 Å². The van der Waals surface area contributed by atoms with Crippen LogP contribution in [-0.2, 0) is 15.0 Å². The molecule has 2 unspecified atom stereocenters. The highest BCUT2D eigenvalue weighted by Gasteiger charge is 2.45. The lowest BCUT2D eigenvalue weighted by molar-refractivity contribution is -0.423. The van der Waals surface area contributed by atoms with Gasteiger partial charge in [-0.05, 0) is 42.2 Å². The van der Waals surface area contributed by atoms with Crippen LogP contribution < -0.4 is 5.73 Å². The molecule has 3 heterocycles. The number of likely N-dealkylation sites (N-methyl/N-ethyl adjacent to an activating group) is 2. The van der Waals surface area contributed by atoms with Gasteiger partial charge in [0.25, 0.3) is 5.70 Å². The number of hydrogen-bond acceptors (Lipinski definition) is 9. The maximum absolute atomic E-state index is 12.2. The molecule has 5 rings (SSSR count). The summed E-state index contributed by atoms with van der Waals surface area (Å²) in [5.74, 6) is 0.224. The van der Waals surface area contributed by atoms with E-state index < -0.39 is 16.6 Å². The minimum Gasteiger partial charge on any atom is -0.377 e. The van der Waals surface area contributed by atoms with Gasteiger partial charge in [0, 0.05) is 62.2 Å². The number of nitrogens with two attached hydrogens (primary N) is 1. The standard InChI is InChI=1S/C27H32BrN7O4/c1-32(2)9-10-33(3)22-11-24(38-4)27(29,12-23(22)35(36)37)26-30-13-20(28)25(31-26)19-14-34(17-15-39-16-17)21-8-6-5-7-18(19)21/h5-8,11-14,17,24H,9-10,15-16,29H2,1-4H3. The fourth-order valence-electron chi connectivity index (χ4n) is 4.99. The lowest BCUT2D eigenvalue weighted by Gasteiger charge is -2.35. The highest BCUT2D eigenvalue weighted by molar-refractivity contribution is 9.10. The summed E-state index contributed by atoms with van der Waals surface area (Å²) in [4.78, 5) is 25.1. The Labute approximate surface area is 235 Å². The number of methoxy groups -OCH3 is 1. The molecular weight excluding hydrogens is 566 g/mol. The van der Waals surface area contributed by atoms with Gasteiger partial charge in [-0.25, -0.2) is 9.97 Å². The SMILES string of the molecule is COC1C=C(N(C)CCN(C)C)C([N+](=O)[O-])=CC1(N)c1ncc(Br)c(-c2cn(C3COC3)c3ccccc23)n1. The van der Waals surface area contributed by atoms with Crippen LogP contribution in [0.1, 0.15) is 11.9 Å². The molecule has 2 aliphatic rings. The molecule has 3 aromatic rings. The number of ether oxygens (including phenoxy) is 2. The highest BCUT2D eigenvalue weighted by Crippen LogP contribution is 2.39. The van der Waals surface area contributed by atoms with Gasteiger partial charge in [-0.1, -0.05) is 18.2 Å². The van der Waals surface area contributed by atoms with Crippen molar-refractivity contribution in [3.63, 3.8) is 0 Å². The summed E-state index contributed by atoms with van der Waals surface area (Å²) in [7, 11) is 7.26. The fraction of sp³-hybridized carbons (Fsp3) is 0.407. The van der Waals surface area contributed by atoms with E-state index in [1.165, 1.54) is 13.2 Å². The van der Waals surface area contributed by atoms with Gasteiger partial charge >= 0.3 is 0 Å². The van der Waals surface area contributed by atoms with Crippen molar-refractivity contribution in [2.24, 2.45) is 5.73 Å². The van der Waals surface area contributed by atoms with Crippen molar-refractivity contribution in [2.75, 3.05) is 54.6 Å². The van der Waals surface area contributed by atoms with Gasteiger partial charge in [0.15, 0.2) is 5.82 Å². The number of benzene rings is 1. The topological polar surface area (TPSA) is 125 Å². The minimum absolute atomic E-state index is 0.110. The summed E-state index contributed by atoms with van der Waals surface area (Å²) in [6.07, 6.45) is 6.09. The number of nitrogens with zero attached hydrogens (tertiary/aromatic N) is 6. The van der Waals surface area contributed by atoms with Gasteiger partial charge in [-0.15, -0.1) is 0 Å². The van der Waals surface area contributed by atoms with E-state index >= 15 is 0 Å². The van der Waals surface area contributed by atoms with E-state index in [2.05, 4.69) is 43.8 Å². The summed E-state index contributed by atoms with van der Waals surface area (Å²) in [5, 5.41) is 13.2. The second-order valence-electron chi connectivity index (χ2n) is 10.2. The molecule has 2 atom stereocenters. The van der Waals surface area contributed by atoms with Crippen molar-refractivity contribution in [1.29, 1.82) is 0 Å². The van der Waals surface area contributed by atoms with Crippen LogP contribution in [0, 0.1) is 10.1 Å². The predicted molar refractivity (Wildman–Crippen MR) is 152 cm³/mol. The first kappa shape index (κ1) is 27.4. The van der Waals surface area contributed by atoms with E-state index in [1.54, 1.807) is 12.3 Å². The van der Waals surface area contributed by atoms with Gasteiger partial charge in [0.05, 0.1) is 34.3 Å². The number of nitro groups is 1. The monoisotopic (exact) mass is 597 g/mol. The molecule has 1 saturated heterocycles. The van der Waals surface area contributed by atoms with E-state index in [1.807, 2.05) is 43.1 Å². The van der Waals surface area contributed by atoms with Gasteiger partial charge in [0.2, 0.25) is 0 Å². The molecule has 1 aliphatic heterocycles. The Morgan fingerprint density at radius 2 is 2.03 bits per heavy atom. The third-order valence-electron chi connectivity index (χ3n) is 7.30. The zero-order valence-electron chi connectivity index (χ0n) is 22.4. The minimum atomic E-state index is -1.47. The summed E-state index contributed by atoms with van der Waals surface area (Å²) >= 11 is 3.62. The summed E-state index contributed by atoms with van der Waals surface area (Å²) in [6.45, 7) is 2.63. The largest absolute Gasteiger partial charge is 0.377 e. The first-order valence-electron chi connectivity index (χ1n) is 12.6. The molecular formula is C27H32BrN7O4. The molecule has 0 spiro atoms. The first-order chi connectivity index (χ1) is 18.6. The Bertz CT molecular complexity index is 1470. The average Bonchev–Trinajstić information content (AvgIpc) is 3.25. The van der Waals surface area contributed by atoms with E-state index in [4.69, 9.17) is 20.2 Å². The number of para-hydroxylation sites is 1. The maximum atomic E-state index is 12.2. The van der Waals surface area contributed by atoms with Crippen LogP contribution in [0.5, 0.6) is 0 Å². The zero-order chi connectivity index (χ0) is 27.9. The fourth-order valence-corrected chi connectivity index (χ4v) is 5.39. The Balaban J connectivity index is 1.60. The van der Waals surface area contributed by atoms with E-state index in [0.29, 0.717) is 35.6 Å². The molecule has 2 N–H and O–H groups in total. The van der Waals surface area contributed by atoms with Gasteiger partial charge < -0.3 is 29.6 Å². The third-order valence-corrected chi connectivity index (χ3v) is 7.88. The van der Waals surface area contributed by atoms with Crippen LogP contribution in [0.3, 0.4) is 0 Å². The summed E-state index contributed by atoms with van der Waals surface area (Å²) in [6, 6.07) is 8.37. The molecule has 12 heteroatoms. The second-order valence-corrected chi connectivity index (χ2v) is 11.1. The third kappa shape index (κ3) is 4.98. The number of aromatic nitrogens is 3. The van der Waals surface area contributed by atoms with Crippen molar-refractivity contribution < 1.29 is 14.4 Å². The molecule has 0 amide bonds. The zero-order valence-corrected chi connectivity index (χ0v) is 24.0. The van der Waals surface area contributed by atoms with Crippen molar-refractivity contribution in [1.82, 2.24) is 24.3 Å². The highest BCUT2D eigenvalue weighted by atomic mass is 79.9. The second kappa shape index (κ2) is 10.8. The van der Waals surface area contributed by atoms with Gasteiger partial charge in [-0.3, -0.25) is 10.1 Å². The molecule has 1 aromatic carbocycles. The van der Waals surface area contributed by atoms with Crippen LogP contribution in [0.2, 0.25) is 0 Å². The number of rotatable bonds is 9. The molecule has 206 valence electrons. The Hall–Kier alpha value is -3.16. The summed E-state index contributed by atoms with van der Waals surface area (Å²) < 4.78 is 14.1.